The Morgan fingerprint density at radius 3 is 3.04 bits per heavy atom. The summed E-state index contributed by atoms with van der Waals surface area (Å²) in [6.07, 6.45) is 5.87. The Kier molecular flexibility index (Phi) is 5.02. The van der Waals surface area contributed by atoms with Crippen molar-refractivity contribution in [1.82, 2.24) is 20.3 Å². The lowest BCUT2D eigenvalue weighted by Gasteiger charge is -2.26. The van der Waals surface area contributed by atoms with Gasteiger partial charge in [0.05, 0.1) is 0 Å². The molecule has 0 amide bonds. The lowest BCUT2D eigenvalue weighted by molar-refractivity contribution is 0.569. The minimum atomic E-state index is 0.478. The molecule has 1 aliphatic rings. The van der Waals surface area contributed by atoms with E-state index in [9.17, 15) is 0 Å². The fourth-order valence-electron chi connectivity index (χ4n) is 3.07. The molecule has 3 heterocycles. The second-order valence-electron chi connectivity index (χ2n) is 5.88. The highest BCUT2D eigenvalue weighted by Gasteiger charge is 2.25. The van der Waals surface area contributed by atoms with Crippen molar-refractivity contribution < 1.29 is 0 Å². The van der Waals surface area contributed by atoms with Gasteiger partial charge in [0, 0.05) is 50.7 Å². The first-order valence-electron chi connectivity index (χ1n) is 8.15. The van der Waals surface area contributed by atoms with Crippen LogP contribution in [0.25, 0.3) is 0 Å². The number of hydrogen-bond donors (Lipinski definition) is 2. The smallest absolute Gasteiger partial charge is 0.134 e. The SMILES string of the molecule is CNc1cc(N2CCC[C@@H]2CNCc2cccnc2C)ncn1. The molecule has 0 spiro atoms. The van der Waals surface area contributed by atoms with Crippen LogP contribution in [-0.2, 0) is 6.54 Å². The molecule has 0 bridgehead atoms. The summed E-state index contributed by atoms with van der Waals surface area (Å²) in [6.45, 7) is 4.92. The molecule has 2 aromatic rings. The second kappa shape index (κ2) is 7.37. The number of pyridine rings is 1. The molecule has 1 atom stereocenters. The lowest BCUT2D eigenvalue weighted by atomic mass is 10.2. The molecule has 0 aliphatic carbocycles. The zero-order chi connectivity index (χ0) is 16.1. The molecule has 1 fully saturated rings. The first-order chi connectivity index (χ1) is 11.3. The highest BCUT2D eigenvalue weighted by molar-refractivity contribution is 5.49. The molecule has 23 heavy (non-hydrogen) atoms. The first-order valence-corrected chi connectivity index (χ1v) is 8.15. The van der Waals surface area contributed by atoms with Gasteiger partial charge in [-0.2, -0.15) is 0 Å². The Labute approximate surface area is 137 Å². The third-order valence-corrected chi connectivity index (χ3v) is 4.39. The summed E-state index contributed by atoms with van der Waals surface area (Å²) in [5, 5.41) is 6.65. The maximum absolute atomic E-state index is 4.44. The third kappa shape index (κ3) is 3.76. The lowest BCUT2D eigenvalue weighted by Crippen LogP contribution is -2.38. The predicted molar refractivity (Wildman–Crippen MR) is 92.6 cm³/mol. The van der Waals surface area contributed by atoms with Gasteiger partial charge in [-0.3, -0.25) is 4.98 Å². The van der Waals surface area contributed by atoms with E-state index in [0.717, 1.165) is 37.0 Å². The van der Waals surface area contributed by atoms with E-state index >= 15 is 0 Å². The molecule has 0 aromatic carbocycles. The monoisotopic (exact) mass is 312 g/mol. The Hall–Kier alpha value is -2.21. The Morgan fingerprint density at radius 2 is 2.22 bits per heavy atom. The summed E-state index contributed by atoms with van der Waals surface area (Å²) >= 11 is 0. The normalized spacial score (nSPS) is 17.5. The summed E-state index contributed by atoms with van der Waals surface area (Å²) in [5.41, 5.74) is 2.36. The molecule has 6 heteroatoms. The highest BCUT2D eigenvalue weighted by Crippen LogP contribution is 2.24. The maximum atomic E-state index is 4.44. The van der Waals surface area contributed by atoms with Crippen LogP contribution >= 0.6 is 0 Å². The van der Waals surface area contributed by atoms with Crippen LogP contribution in [0.1, 0.15) is 24.1 Å². The van der Waals surface area contributed by atoms with Crippen LogP contribution in [0.4, 0.5) is 11.6 Å². The molecule has 0 saturated carbocycles. The highest BCUT2D eigenvalue weighted by atomic mass is 15.2. The van der Waals surface area contributed by atoms with Gasteiger partial charge in [-0.15, -0.1) is 0 Å². The van der Waals surface area contributed by atoms with Crippen molar-refractivity contribution in [3.8, 4) is 0 Å². The minimum absolute atomic E-state index is 0.478. The molecule has 2 N–H and O–H groups in total. The van der Waals surface area contributed by atoms with Crippen LogP contribution in [-0.4, -0.2) is 41.1 Å². The average molecular weight is 312 g/mol. The summed E-state index contributed by atoms with van der Waals surface area (Å²) in [5.74, 6) is 1.87. The number of aromatic nitrogens is 3. The van der Waals surface area contributed by atoms with Crippen molar-refractivity contribution in [2.75, 3.05) is 30.4 Å². The molecule has 1 saturated heterocycles. The Morgan fingerprint density at radius 1 is 1.30 bits per heavy atom. The Balaban J connectivity index is 1.60. The number of hydrogen-bond acceptors (Lipinski definition) is 6. The van der Waals surface area contributed by atoms with Crippen molar-refractivity contribution in [3.63, 3.8) is 0 Å². The average Bonchev–Trinajstić information content (AvgIpc) is 3.05. The van der Waals surface area contributed by atoms with Crippen molar-refractivity contribution >= 4 is 11.6 Å². The predicted octanol–water partition coefficient (Wildman–Crippen LogP) is 1.98. The van der Waals surface area contributed by atoms with Gasteiger partial charge in [-0.05, 0) is 31.4 Å². The fraction of sp³-hybridized carbons (Fsp3) is 0.471. The van der Waals surface area contributed by atoms with Crippen LogP contribution in [0, 0.1) is 6.92 Å². The van der Waals surface area contributed by atoms with Gasteiger partial charge in [0.15, 0.2) is 0 Å². The molecule has 1 aliphatic heterocycles. The molecular weight excluding hydrogens is 288 g/mol. The number of nitrogens with zero attached hydrogens (tertiary/aromatic N) is 4. The van der Waals surface area contributed by atoms with Gasteiger partial charge < -0.3 is 15.5 Å². The first kappa shape index (κ1) is 15.7. The van der Waals surface area contributed by atoms with Gasteiger partial charge in [0.25, 0.3) is 0 Å². The van der Waals surface area contributed by atoms with Crippen LogP contribution in [0.5, 0.6) is 0 Å². The maximum Gasteiger partial charge on any atom is 0.134 e. The van der Waals surface area contributed by atoms with Crippen molar-refractivity contribution in [1.29, 1.82) is 0 Å². The molecule has 2 aromatic heterocycles. The van der Waals surface area contributed by atoms with Gasteiger partial charge in [-0.25, -0.2) is 9.97 Å². The number of nitrogens with one attached hydrogen (secondary N) is 2. The zero-order valence-corrected chi connectivity index (χ0v) is 13.8. The fourth-order valence-corrected chi connectivity index (χ4v) is 3.07. The number of anilines is 2. The quantitative estimate of drug-likeness (QED) is 0.850. The molecule has 0 radical (unpaired) electrons. The van der Waals surface area contributed by atoms with Crippen LogP contribution in [0.15, 0.2) is 30.7 Å². The molecule has 3 rings (SSSR count). The van der Waals surface area contributed by atoms with E-state index < -0.39 is 0 Å². The standard InChI is InChI=1S/C17H24N6/c1-13-14(5-3-7-20-13)10-19-11-15-6-4-8-23(15)17-9-16(18-2)21-12-22-17/h3,5,7,9,12,15,19H,4,6,8,10-11H2,1-2H3,(H,18,21,22)/t15-/m1/s1. The summed E-state index contributed by atoms with van der Waals surface area (Å²) < 4.78 is 0. The minimum Gasteiger partial charge on any atom is -0.373 e. The van der Waals surface area contributed by atoms with Crippen LogP contribution < -0.4 is 15.5 Å². The molecular formula is C17H24N6. The van der Waals surface area contributed by atoms with E-state index in [4.69, 9.17) is 0 Å². The van der Waals surface area contributed by atoms with Crippen molar-refractivity contribution in [3.05, 3.63) is 42.0 Å². The van der Waals surface area contributed by atoms with E-state index in [-0.39, 0.29) is 0 Å². The van der Waals surface area contributed by atoms with E-state index in [2.05, 4.69) is 43.5 Å². The van der Waals surface area contributed by atoms with Gasteiger partial charge in [-0.1, -0.05) is 6.07 Å². The molecule has 6 nitrogen and oxygen atoms in total. The Bertz CT molecular complexity index is 644. The van der Waals surface area contributed by atoms with Crippen LogP contribution in [0.3, 0.4) is 0 Å². The van der Waals surface area contributed by atoms with Crippen LogP contribution in [0.2, 0.25) is 0 Å². The zero-order valence-electron chi connectivity index (χ0n) is 13.8. The summed E-state index contributed by atoms with van der Waals surface area (Å²) in [4.78, 5) is 15.3. The number of rotatable bonds is 6. The van der Waals surface area contributed by atoms with Crippen molar-refractivity contribution in [2.45, 2.75) is 32.4 Å². The summed E-state index contributed by atoms with van der Waals surface area (Å²) in [7, 11) is 1.88. The topological polar surface area (TPSA) is 66.0 Å². The van der Waals surface area contributed by atoms with E-state index in [1.807, 2.05) is 25.4 Å². The third-order valence-electron chi connectivity index (χ3n) is 4.39. The van der Waals surface area contributed by atoms with Gasteiger partial charge in [0.2, 0.25) is 0 Å². The largest absolute Gasteiger partial charge is 0.373 e. The van der Waals surface area contributed by atoms with E-state index in [1.165, 1.54) is 18.4 Å². The van der Waals surface area contributed by atoms with Gasteiger partial charge in [0.1, 0.15) is 18.0 Å². The number of aryl methyl sites for hydroxylation is 1. The molecule has 0 unspecified atom stereocenters. The van der Waals surface area contributed by atoms with E-state index in [0.29, 0.717) is 6.04 Å². The van der Waals surface area contributed by atoms with Gasteiger partial charge >= 0.3 is 0 Å². The van der Waals surface area contributed by atoms with E-state index in [1.54, 1.807) is 6.33 Å². The van der Waals surface area contributed by atoms with Crippen molar-refractivity contribution in [2.24, 2.45) is 0 Å². The molecule has 122 valence electrons. The second-order valence-corrected chi connectivity index (χ2v) is 5.88. The summed E-state index contributed by atoms with van der Waals surface area (Å²) in [6, 6.07) is 6.62.